The molecule has 1 aromatic heterocycles. The number of aliphatic hydroxyl groups excluding tert-OH is 1. The molecule has 0 saturated carbocycles. The Hall–Kier alpha value is -3.18. The van der Waals surface area contributed by atoms with E-state index in [0.717, 1.165) is 24.3 Å². The van der Waals surface area contributed by atoms with Crippen molar-refractivity contribution in [1.82, 2.24) is 20.0 Å². The van der Waals surface area contributed by atoms with E-state index in [1.54, 1.807) is 16.8 Å². The number of amides is 2. The van der Waals surface area contributed by atoms with Crippen molar-refractivity contribution >= 4 is 23.4 Å². The van der Waals surface area contributed by atoms with Crippen molar-refractivity contribution in [3.63, 3.8) is 0 Å². The van der Waals surface area contributed by atoms with Crippen LogP contribution in [0.2, 0.25) is 0 Å². The van der Waals surface area contributed by atoms with E-state index in [0.29, 0.717) is 37.6 Å². The summed E-state index contributed by atoms with van der Waals surface area (Å²) in [5.74, 6) is -0.632. The Balaban J connectivity index is 1.17. The summed E-state index contributed by atoms with van der Waals surface area (Å²) < 4.78 is 22.2. The number of nitrogens with one attached hydrogen (secondary N) is 1. The van der Waals surface area contributed by atoms with Gasteiger partial charge in [-0.05, 0) is 44.1 Å². The summed E-state index contributed by atoms with van der Waals surface area (Å²) in [5, 5.41) is 17.8. The van der Waals surface area contributed by atoms with Crippen LogP contribution in [-0.4, -0.2) is 76.7 Å². The molecule has 0 bridgehead atoms. The summed E-state index contributed by atoms with van der Waals surface area (Å²) in [6, 6.07) is 4.71. The maximum Gasteiger partial charge on any atom is 0.414 e. The van der Waals surface area contributed by atoms with Crippen LogP contribution in [0.3, 0.4) is 0 Å². The van der Waals surface area contributed by atoms with Crippen LogP contribution in [-0.2, 0) is 29.2 Å². The van der Waals surface area contributed by atoms with E-state index in [4.69, 9.17) is 4.74 Å². The lowest BCUT2D eigenvalue weighted by molar-refractivity contribution is -0.119. The van der Waals surface area contributed by atoms with Gasteiger partial charge in [-0.1, -0.05) is 6.42 Å². The molecule has 2 N–H and O–H groups in total. The second-order valence-corrected chi connectivity index (χ2v) is 9.88. The maximum absolute atomic E-state index is 15.1. The summed E-state index contributed by atoms with van der Waals surface area (Å²) >= 11 is 0. The standard InChI is InChI=1S/C25H33FN6O4/c1-17(33)27-10-21-15-32(25(35)36-21)19-5-6-24(22(26)9-19)30-11-18-12-31(28-23(18)16-30)14-20(34)13-29-7-3-2-4-8-29/h5-6,9,12,20-21,34H,2-4,7-8,10-11,13-16H2,1H3,(H,27,33)/t20-,21+/m1/s1. The zero-order valence-electron chi connectivity index (χ0n) is 20.5. The number of hydrogen-bond acceptors (Lipinski definition) is 7. The first-order valence-electron chi connectivity index (χ1n) is 12.6. The first-order chi connectivity index (χ1) is 17.4. The Labute approximate surface area is 209 Å². The average Bonchev–Trinajstić information content (AvgIpc) is 3.51. The van der Waals surface area contributed by atoms with Gasteiger partial charge in [0.1, 0.15) is 11.9 Å². The van der Waals surface area contributed by atoms with Gasteiger partial charge >= 0.3 is 6.09 Å². The molecule has 11 heteroatoms. The number of carbonyl (C=O) groups excluding carboxylic acids is 2. The fourth-order valence-electron chi connectivity index (χ4n) is 5.20. The fourth-order valence-corrected chi connectivity index (χ4v) is 5.20. The quantitative estimate of drug-likeness (QED) is 0.570. The molecular formula is C25H33FN6O4. The molecule has 2 atom stereocenters. The molecule has 0 radical (unpaired) electrons. The van der Waals surface area contributed by atoms with E-state index in [1.165, 1.54) is 37.2 Å². The van der Waals surface area contributed by atoms with Gasteiger partial charge in [0, 0.05) is 31.8 Å². The molecule has 0 unspecified atom stereocenters. The third-order valence-corrected chi connectivity index (χ3v) is 6.98. The first-order valence-corrected chi connectivity index (χ1v) is 12.6. The first kappa shape index (κ1) is 24.5. The molecular weight excluding hydrogens is 467 g/mol. The Bertz CT molecular complexity index is 1090. The van der Waals surface area contributed by atoms with Crippen molar-refractivity contribution in [3.05, 3.63) is 41.5 Å². The van der Waals surface area contributed by atoms with Crippen LogP contribution in [0.15, 0.2) is 24.4 Å². The highest BCUT2D eigenvalue weighted by atomic mass is 19.1. The summed E-state index contributed by atoms with van der Waals surface area (Å²) in [6.45, 7) is 6.05. The second kappa shape index (κ2) is 10.4. The van der Waals surface area contributed by atoms with Gasteiger partial charge in [0.25, 0.3) is 0 Å². The van der Waals surface area contributed by atoms with E-state index < -0.39 is 24.1 Å². The van der Waals surface area contributed by atoms with Crippen molar-refractivity contribution in [3.8, 4) is 0 Å². The van der Waals surface area contributed by atoms with Crippen LogP contribution in [0, 0.1) is 5.82 Å². The highest BCUT2D eigenvalue weighted by Gasteiger charge is 2.33. The lowest BCUT2D eigenvalue weighted by Gasteiger charge is -2.28. The number of anilines is 2. The SMILES string of the molecule is CC(=O)NC[C@H]1CN(c2ccc(N3Cc4cn(C[C@H](O)CN5CCCCC5)nc4C3)c(F)c2)C(=O)O1. The second-order valence-electron chi connectivity index (χ2n) is 9.88. The number of benzene rings is 1. The van der Waals surface area contributed by atoms with Crippen molar-refractivity contribution in [2.45, 2.75) is 58.0 Å². The molecule has 194 valence electrons. The minimum atomic E-state index is -0.560. The molecule has 3 aliphatic heterocycles. The molecule has 5 rings (SSSR count). The molecule has 4 heterocycles. The van der Waals surface area contributed by atoms with Crippen molar-refractivity contribution in [1.29, 1.82) is 0 Å². The van der Waals surface area contributed by atoms with Crippen molar-refractivity contribution in [2.75, 3.05) is 42.5 Å². The monoisotopic (exact) mass is 500 g/mol. The number of halogens is 1. The Kier molecular flexibility index (Phi) is 7.10. The topological polar surface area (TPSA) is 103 Å². The molecule has 1 aromatic carbocycles. The predicted octanol–water partition coefficient (Wildman–Crippen LogP) is 1.85. The smallest absolute Gasteiger partial charge is 0.414 e. The van der Waals surface area contributed by atoms with Gasteiger partial charge in [0.05, 0.1) is 49.4 Å². The van der Waals surface area contributed by atoms with Crippen LogP contribution in [0.4, 0.5) is 20.6 Å². The number of aromatic nitrogens is 2. The van der Waals surface area contributed by atoms with Crippen LogP contribution >= 0.6 is 0 Å². The zero-order valence-corrected chi connectivity index (χ0v) is 20.5. The Morgan fingerprint density at radius 3 is 2.78 bits per heavy atom. The lowest BCUT2D eigenvalue weighted by atomic mass is 10.1. The zero-order chi connectivity index (χ0) is 25.2. The number of nitrogens with zero attached hydrogens (tertiary/aromatic N) is 5. The highest BCUT2D eigenvalue weighted by molar-refractivity contribution is 5.90. The molecule has 10 nitrogen and oxygen atoms in total. The summed E-state index contributed by atoms with van der Waals surface area (Å²) in [5.41, 5.74) is 2.76. The van der Waals surface area contributed by atoms with Gasteiger partial charge in [0.2, 0.25) is 5.91 Å². The van der Waals surface area contributed by atoms with E-state index >= 15 is 4.39 Å². The summed E-state index contributed by atoms with van der Waals surface area (Å²) in [4.78, 5) is 28.9. The molecule has 2 aromatic rings. The summed E-state index contributed by atoms with van der Waals surface area (Å²) in [6.07, 6.45) is 4.08. The summed E-state index contributed by atoms with van der Waals surface area (Å²) in [7, 11) is 0. The van der Waals surface area contributed by atoms with Crippen LogP contribution in [0.1, 0.15) is 37.4 Å². The number of carbonyl (C=O) groups is 2. The highest BCUT2D eigenvalue weighted by Crippen LogP contribution is 2.32. The number of piperidine rings is 1. The molecule has 2 amide bonds. The number of β-amino-alcohol motifs (C(OH)–C–C–N with tert-alkyl or cyclic N) is 1. The number of rotatable bonds is 8. The van der Waals surface area contributed by atoms with Crippen LogP contribution in [0.25, 0.3) is 0 Å². The van der Waals surface area contributed by atoms with Crippen molar-refractivity contribution < 1.29 is 23.8 Å². The number of likely N-dealkylation sites (tertiary alicyclic amines) is 1. The van der Waals surface area contributed by atoms with Gasteiger partial charge < -0.3 is 25.0 Å². The number of aliphatic hydroxyl groups is 1. The van der Waals surface area contributed by atoms with E-state index in [9.17, 15) is 14.7 Å². The largest absolute Gasteiger partial charge is 0.442 e. The Morgan fingerprint density at radius 2 is 2.06 bits per heavy atom. The number of cyclic esters (lactones) is 1. The van der Waals surface area contributed by atoms with Gasteiger partial charge in [0.15, 0.2) is 0 Å². The molecule has 0 spiro atoms. The lowest BCUT2D eigenvalue weighted by Crippen LogP contribution is -2.38. The number of hydrogen-bond donors (Lipinski definition) is 2. The fraction of sp³-hybridized carbons (Fsp3) is 0.560. The predicted molar refractivity (Wildman–Crippen MR) is 131 cm³/mol. The number of fused-ring (bicyclic) bond motifs is 1. The van der Waals surface area contributed by atoms with E-state index in [2.05, 4.69) is 15.3 Å². The van der Waals surface area contributed by atoms with Crippen LogP contribution in [0.5, 0.6) is 0 Å². The van der Waals surface area contributed by atoms with Gasteiger partial charge in [-0.15, -0.1) is 0 Å². The molecule has 2 fully saturated rings. The minimum Gasteiger partial charge on any atom is -0.442 e. The third kappa shape index (κ3) is 5.46. The van der Waals surface area contributed by atoms with Crippen molar-refractivity contribution in [2.24, 2.45) is 0 Å². The van der Waals surface area contributed by atoms with Gasteiger partial charge in [-0.2, -0.15) is 5.10 Å². The average molecular weight is 501 g/mol. The molecule has 2 saturated heterocycles. The Morgan fingerprint density at radius 1 is 1.25 bits per heavy atom. The minimum absolute atomic E-state index is 0.202. The van der Waals surface area contributed by atoms with E-state index in [-0.39, 0.29) is 19.0 Å². The third-order valence-electron chi connectivity index (χ3n) is 6.98. The maximum atomic E-state index is 15.1. The van der Waals surface area contributed by atoms with Gasteiger partial charge in [-0.25, -0.2) is 9.18 Å². The normalized spacial score (nSPS) is 21.0. The molecule has 36 heavy (non-hydrogen) atoms. The van der Waals surface area contributed by atoms with E-state index in [1.807, 2.05) is 11.1 Å². The molecule has 3 aliphatic rings. The van der Waals surface area contributed by atoms with Crippen LogP contribution < -0.4 is 15.1 Å². The molecule has 0 aliphatic carbocycles. The number of ether oxygens (including phenoxy) is 1. The van der Waals surface area contributed by atoms with Gasteiger partial charge in [-0.3, -0.25) is 14.4 Å².